The zero-order chi connectivity index (χ0) is 50.5. The maximum atomic E-state index is 12.6. The number of ether oxygens (including phenoxy) is 2. The van der Waals surface area contributed by atoms with Crippen LogP contribution in [0.25, 0.3) is 45.1 Å². The van der Waals surface area contributed by atoms with Crippen LogP contribution >= 0.6 is 0 Å². The molecule has 7 rings (SSSR count). The van der Waals surface area contributed by atoms with Crippen molar-refractivity contribution in [2.45, 2.75) is 47.7 Å². The largest absolute Gasteiger partial charge is 3.00 e. The number of imidazole rings is 2. The summed E-state index contributed by atoms with van der Waals surface area (Å²) in [5.41, 5.74) is 5.53. The number of fused-ring (bicyclic) bond motifs is 2. The van der Waals surface area contributed by atoms with E-state index in [0.29, 0.717) is 69.8 Å². The monoisotopic (exact) mass is 1070 g/mol. The Kier molecular flexibility index (Phi) is 28.3. The molecule has 0 fully saturated rings. The summed E-state index contributed by atoms with van der Waals surface area (Å²) in [5, 5.41) is 66.2. The minimum Gasteiger partial charge on any atom is -0.423 e. The van der Waals surface area contributed by atoms with E-state index in [0.717, 1.165) is 11.0 Å². The topological polar surface area (TPSA) is 371 Å². The van der Waals surface area contributed by atoms with Gasteiger partial charge in [0.1, 0.15) is 22.9 Å². The summed E-state index contributed by atoms with van der Waals surface area (Å²) in [6.45, 7) is 9.73. The van der Waals surface area contributed by atoms with E-state index in [2.05, 4.69) is 23.0 Å². The molecule has 0 amide bonds. The van der Waals surface area contributed by atoms with Gasteiger partial charge in [0.05, 0.1) is 66.7 Å². The second-order valence-electron chi connectivity index (χ2n) is 11.9. The van der Waals surface area contributed by atoms with Gasteiger partial charge in [0.25, 0.3) is 0 Å². The van der Waals surface area contributed by atoms with E-state index < -0.39 is 27.2 Å². The molecule has 0 saturated carbocycles. The summed E-state index contributed by atoms with van der Waals surface area (Å²) in [7, 11) is 0. The van der Waals surface area contributed by atoms with Crippen molar-refractivity contribution < 1.29 is 83.7 Å². The molecular formula is C43H38EuN11O13. The molecule has 0 aliphatic heterocycles. The van der Waals surface area contributed by atoms with Crippen LogP contribution in [0, 0.1) is 129 Å². The molecule has 0 saturated heterocycles. The summed E-state index contributed by atoms with van der Waals surface area (Å²) in [5.74, 6) is 1.37. The average molecular weight is 1070 g/mol. The van der Waals surface area contributed by atoms with Crippen LogP contribution in [0.1, 0.15) is 55.3 Å². The number of carbonyl (C=O) groups is 2. The van der Waals surface area contributed by atoms with Gasteiger partial charge in [-0.15, -0.1) is 0 Å². The summed E-state index contributed by atoms with van der Waals surface area (Å²) < 4.78 is 15.4. The summed E-state index contributed by atoms with van der Waals surface area (Å²) in [6, 6.07) is 39.7. The minimum atomic E-state index is -1.75. The van der Waals surface area contributed by atoms with Crippen LogP contribution in [-0.4, -0.2) is 51.3 Å². The van der Waals surface area contributed by atoms with Gasteiger partial charge in [-0.25, -0.2) is 24.5 Å². The number of hydrogen-bond donors (Lipinski definition) is 0. The van der Waals surface area contributed by atoms with E-state index in [-0.39, 0.29) is 49.4 Å². The smallest absolute Gasteiger partial charge is 0.423 e. The van der Waals surface area contributed by atoms with E-state index in [9.17, 15) is 9.59 Å². The first-order chi connectivity index (χ1) is 32.0. The molecule has 25 heteroatoms. The Labute approximate surface area is 427 Å². The molecule has 0 radical (unpaired) electrons. The fourth-order valence-electron chi connectivity index (χ4n) is 5.54. The second kappa shape index (κ2) is 32.3. The Hall–Kier alpha value is -8.44. The van der Waals surface area contributed by atoms with Gasteiger partial charge in [0.2, 0.25) is 0 Å². The van der Waals surface area contributed by atoms with Gasteiger partial charge in [0.15, 0.2) is 11.6 Å². The molecule has 0 bridgehead atoms. The van der Waals surface area contributed by atoms with Gasteiger partial charge >= 0.3 is 61.3 Å². The molecule has 0 N–H and O–H groups in total. The number of nitrogens with zero attached hydrogens (tertiary/aromatic N) is 11. The quantitative estimate of drug-likeness (QED) is 0.0595. The molecule has 0 aliphatic carbocycles. The van der Waals surface area contributed by atoms with Gasteiger partial charge in [0, 0.05) is 46.0 Å². The molecule has 0 unspecified atom stereocenters. The Morgan fingerprint density at radius 1 is 0.529 bits per heavy atom. The van der Waals surface area contributed by atoms with Crippen molar-refractivity contribution in [2.24, 2.45) is 0 Å². The molecule has 4 aromatic carbocycles. The Bertz CT molecular complexity index is 2650. The normalized spacial score (nSPS) is 8.97. The Balaban J connectivity index is 0.00000174. The Morgan fingerprint density at radius 3 is 1.10 bits per heavy atom. The number of hydrogen-bond acceptors (Lipinski definition) is 19. The molecule has 68 heavy (non-hydrogen) atoms. The average Bonchev–Trinajstić information content (AvgIpc) is 3.85. The van der Waals surface area contributed by atoms with Crippen LogP contribution in [-0.2, 0) is 13.1 Å². The summed E-state index contributed by atoms with van der Waals surface area (Å²) in [4.78, 5) is 64.8. The second-order valence-corrected chi connectivity index (χ2v) is 11.9. The summed E-state index contributed by atoms with van der Waals surface area (Å²) >= 11 is 0. The van der Waals surface area contributed by atoms with Crippen LogP contribution in [0.15, 0.2) is 115 Å². The number of carbonyl (C=O) groups excluding carboxylic acids is 2. The zero-order valence-electron chi connectivity index (χ0n) is 36.5. The first-order valence-electron chi connectivity index (χ1n) is 18.9. The molecule has 0 atom stereocenters. The van der Waals surface area contributed by atoms with Crippen molar-refractivity contribution in [1.29, 1.82) is 15.8 Å². The SMILES string of the molecule is CC#N.CC#N.CC#N.CCn1c(-c2cccc(-c3nc4cc(OC(=O)c5ccccc5)ccc4n3CC)n2)nc2cc(OC(=O)c3ccccc3)ccc21.O=[N+]([O-])[O-].O=[N+]([O-])[O-].O=[N+]([O-])[O-].[Eu+3]. The standard InChI is InChI=1S/C37H29N5O4.3C2H3N.Eu.3NO3/c1-3-41-32-20-18-26(45-36(43)24-12-7-5-8-13-24)22-30(32)39-34(41)28-16-11-17-29(38-28)35-40-31-23-27(19-21-33(31)42(35)4-2)46-37(44)25-14-9-6-10-15-25;3*1-2-3;;3*2-1(3)4/h5-23H,3-4H2,1-2H3;3*1H3;;;;/q;;;;+3;3*-1. The number of benzene rings is 4. The maximum Gasteiger partial charge on any atom is 3.00 e. The van der Waals surface area contributed by atoms with Crippen molar-refractivity contribution in [3.05, 3.63) is 172 Å². The molecular weight excluding hydrogens is 1030 g/mol. The molecule has 3 heterocycles. The van der Waals surface area contributed by atoms with Crippen LogP contribution in [0.3, 0.4) is 0 Å². The summed E-state index contributed by atoms with van der Waals surface area (Å²) in [6.07, 6.45) is 0. The van der Waals surface area contributed by atoms with Crippen molar-refractivity contribution in [3.63, 3.8) is 0 Å². The fraction of sp³-hybridized carbons (Fsp3) is 0.163. The number of aryl methyl sites for hydroxylation is 2. The van der Waals surface area contributed by atoms with Crippen molar-refractivity contribution in [2.75, 3.05) is 0 Å². The van der Waals surface area contributed by atoms with E-state index in [1.807, 2.05) is 42.5 Å². The number of esters is 2. The van der Waals surface area contributed by atoms with Gasteiger partial charge in [-0.3, -0.25) is 0 Å². The first kappa shape index (κ1) is 59.6. The van der Waals surface area contributed by atoms with Gasteiger partial charge in [-0.2, -0.15) is 15.8 Å². The van der Waals surface area contributed by atoms with E-state index >= 15 is 0 Å². The number of rotatable bonds is 8. The number of pyridine rings is 1. The van der Waals surface area contributed by atoms with E-state index in [4.69, 9.17) is 86.2 Å². The Morgan fingerprint density at radius 2 is 0.824 bits per heavy atom. The third kappa shape index (κ3) is 20.2. The van der Waals surface area contributed by atoms with Gasteiger partial charge in [-0.1, -0.05) is 42.5 Å². The third-order valence-corrected chi connectivity index (χ3v) is 7.72. The molecule has 0 spiro atoms. The van der Waals surface area contributed by atoms with Gasteiger partial charge in [-0.05, 0) is 74.5 Å². The first-order valence-corrected chi connectivity index (χ1v) is 18.9. The van der Waals surface area contributed by atoms with Crippen molar-refractivity contribution >= 4 is 34.0 Å². The maximum absolute atomic E-state index is 12.6. The van der Waals surface area contributed by atoms with Crippen molar-refractivity contribution in [3.8, 4) is 52.7 Å². The minimum absolute atomic E-state index is 0. The molecule has 7 aromatic rings. The van der Waals surface area contributed by atoms with Crippen molar-refractivity contribution in [1.82, 2.24) is 24.1 Å². The van der Waals surface area contributed by atoms with E-state index in [1.165, 1.54) is 20.8 Å². The van der Waals surface area contributed by atoms with Gasteiger partial charge < -0.3 is 64.6 Å². The fourth-order valence-corrected chi connectivity index (χ4v) is 5.54. The number of nitriles is 3. The molecule has 24 nitrogen and oxygen atoms in total. The zero-order valence-corrected chi connectivity index (χ0v) is 38.9. The molecule has 0 aliphatic rings. The van der Waals surface area contributed by atoms with E-state index in [1.54, 1.807) is 91.0 Å². The molecule has 3 aromatic heterocycles. The van der Waals surface area contributed by atoms with Crippen LogP contribution < -0.4 is 9.47 Å². The third-order valence-electron chi connectivity index (χ3n) is 7.72. The van der Waals surface area contributed by atoms with Crippen LogP contribution in [0.2, 0.25) is 0 Å². The van der Waals surface area contributed by atoms with Crippen LogP contribution in [0.5, 0.6) is 11.5 Å². The molecule has 350 valence electrons. The predicted molar refractivity (Wildman–Crippen MR) is 241 cm³/mol. The van der Waals surface area contributed by atoms with Crippen LogP contribution in [0.4, 0.5) is 0 Å². The number of aromatic nitrogens is 5. The predicted octanol–water partition coefficient (Wildman–Crippen LogP) is 8.47.